The Kier molecular flexibility index (Phi) is 5.34. The molecule has 1 heterocycles. The molecule has 0 N–H and O–H groups in total. The normalized spacial score (nSPS) is 17.9. The van der Waals surface area contributed by atoms with Crippen molar-refractivity contribution < 1.29 is 4.74 Å². The molecule has 1 aromatic rings. The molecule has 1 atom stereocenters. The average Bonchev–Trinajstić information content (AvgIpc) is 2.46. The van der Waals surface area contributed by atoms with Crippen molar-refractivity contribution in [3.05, 3.63) is 29.3 Å². The molecule has 1 aliphatic rings. The molecule has 0 amide bonds. The number of hydrogen-bond acceptors (Lipinski definition) is 3. The molecule has 0 aromatic heterocycles. The van der Waals surface area contributed by atoms with Crippen LogP contribution in [0.5, 0.6) is 5.75 Å². The van der Waals surface area contributed by atoms with E-state index in [-0.39, 0.29) is 0 Å². The number of hydrogen-bond donors (Lipinski definition) is 0. The molecule has 0 bridgehead atoms. The van der Waals surface area contributed by atoms with E-state index in [0.29, 0.717) is 6.04 Å². The van der Waals surface area contributed by atoms with Gasteiger partial charge in [-0.15, -0.1) is 0 Å². The summed E-state index contributed by atoms with van der Waals surface area (Å²) in [6.07, 6.45) is 3.44. The van der Waals surface area contributed by atoms with Crippen LogP contribution < -0.4 is 4.74 Å². The molecule has 0 saturated carbocycles. The Morgan fingerprint density at radius 1 is 1.32 bits per heavy atom. The van der Waals surface area contributed by atoms with E-state index in [1.165, 1.54) is 18.4 Å². The summed E-state index contributed by atoms with van der Waals surface area (Å²) in [5.41, 5.74) is 2.43. The van der Waals surface area contributed by atoms with Crippen LogP contribution in [-0.2, 0) is 6.42 Å². The van der Waals surface area contributed by atoms with E-state index in [1.54, 1.807) is 5.37 Å². The smallest absolute Gasteiger partial charge is 0.123 e. The van der Waals surface area contributed by atoms with E-state index < -0.39 is 0 Å². The molecule has 0 saturated heterocycles. The van der Waals surface area contributed by atoms with Crippen molar-refractivity contribution in [2.75, 3.05) is 19.7 Å². The molecule has 3 heteroatoms. The summed E-state index contributed by atoms with van der Waals surface area (Å²) >= 11 is 5.12. The zero-order chi connectivity index (χ0) is 13.7. The number of rotatable bonds is 6. The van der Waals surface area contributed by atoms with Gasteiger partial charge in [-0.05, 0) is 44.0 Å². The topological polar surface area (TPSA) is 12.5 Å². The summed E-state index contributed by atoms with van der Waals surface area (Å²) in [5.74, 6) is 1.02. The first kappa shape index (κ1) is 14.5. The fourth-order valence-electron chi connectivity index (χ4n) is 2.81. The first-order valence-corrected chi connectivity index (χ1v) is 7.71. The van der Waals surface area contributed by atoms with Crippen LogP contribution in [0.25, 0.3) is 0 Å². The third-order valence-electron chi connectivity index (χ3n) is 3.71. The molecule has 1 aliphatic heterocycles. The molecule has 19 heavy (non-hydrogen) atoms. The molecular formula is C16H23NOS. The highest BCUT2D eigenvalue weighted by Gasteiger charge is 2.25. The van der Waals surface area contributed by atoms with Gasteiger partial charge in [0.1, 0.15) is 12.4 Å². The molecule has 1 unspecified atom stereocenters. The van der Waals surface area contributed by atoms with Crippen LogP contribution in [0, 0.1) is 0 Å². The maximum atomic E-state index is 5.94. The van der Waals surface area contributed by atoms with E-state index in [4.69, 9.17) is 17.0 Å². The fourth-order valence-corrected chi connectivity index (χ4v) is 3.03. The molecule has 2 rings (SSSR count). The third kappa shape index (κ3) is 3.34. The predicted molar refractivity (Wildman–Crippen MR) is 84.3 cm³/mol. The second-order valence-corrected chi connectivity index (χ2v) is 5.38. The molecule has 2 nitrogen and oxygen atoms in total. The third-order valence-corrected chi connectivity index (χ3v) is 3.96. The lowest BCUT2D eigenvalue weighted by molar-refractivity contribution is 0.119. The summed E-state index contributed by atoms with van der Waals surface area (Å²) in [7, 11) is 0. The molecule has 0 fully saturated rings. The molecule has 0 radical (unpaired) electrons. The lowest BCUT2D eigenvalue weighted by Gasteiger charge is -2.35. The Morgan fingerprint density at radius 2 is 2.05 bits per heavy atom. The second-order valence-electron chi connectivity index (χ2n) is 5.15. The van der Waals surface area contributed by atoms with Crippen molar-refractivity contribution in [1.29, 1.82) is 0 Å². The van der Waals surface area contributed by atoms with Crippen molar-refractivity contribution in [2.24, 2.45) is 0 Å². The van der Waals surface area contributed by atoms with Crippen molar-refractivity contribution in [3.63, 3.8) is 0 Å². The zero-order valence-electron chi connectivity index (χ0n) is 11.9. The SMILES string of the molecule is CCCN(CCC)C1COc2cccc(C=S)c2C1. The van der Waals surface area contributed by atoms with Crippen molar-refractivity contribution in [3.8, 4) is 5.75 Å². The lowest BCUT2D eigenvalue weighted by Crippen LogP contribution is -2.44. The maximum absolute atomic E-state index is 5.94. The summed E-state index contributed by atoms with van der Waals surface area (Å²) in [4.78, 5) is 2.56. The van der Waals surface area contributed by atoms with Crippen LogP contribution in [0.1, 0.15) is 37.8 Å². The summed E-state index contributed by atoms with van der Waals surface area (Å²) in [6.45, 7) is 7.58. The molecule has 0 aliphatic carbocycles. The van der Waals surface area contributed by atoms with Gasteiger partial charge in [0, 0.05) is 17.0 Å². The van der Waals surface area contributed by atoms with E-state index in [2.05, 4.69) is 30.9 Å². The van der Waals surface area contributed by atoms with Gasteiger partial charge in [0.05, 0.1) is 0 Å². The first-order chi connectivity index (χ1) is 9.30. The van der Waals surface area contributed by atoms with Gasteiger partial charge in [0.15, 0.2) is 0 Å². The number of nitrogens with zero attached hydrogens (tertiary/aromatic N) is 1. The van der Waals surface area contributed by atoms with Crippen LogP contribution in [0.4, 0.5) is 0 Å². The van der Waals surface area contributed by atoms with Gasteiger partial charge in [-0.1, -0.05) is 38.2 Å². The minimum absolute atomic E-state index is 0.489. The summed E-state index contributed by atoms with van der Waals surface area (Å²) in [5, 5.41) is 1.77. The first-order valence-electron chi connectivity index (χ1n) is 7.24. The van der Waals surface area contributed by atoms with Crippen LogP contribution in [0.3, 0.4) is 0 Å². The van der Waals surface area contributed by atoms with E-state index >= 15 is 0 Å². The van der Waals surface area contributed by atoms with Crippen LogP contribution in [0.2, 0.25) is 0 Å². The standard InChI is InChI=1S/C16H23NOS/c1-3-8-17(9-4-2)14-10-15-13(12-19)6-5-7-16(15)18-11-14/h5-7,12,14H,3-4,8-11H2,1-2H3. The molecule has 1 aromatic carbocycles. The molecule has 0 spiro atoms. The Morgan fingerprint density at radius 3 is 2.68 bits per heavy atom. The van der Waals surface area contributed by atoms with Gasteiger partial charge >= 0.3 is 0 Å². The Balaban J connectivity index is 2.17. The predicted octanol–water partition coefficient (Wildman–Crippen LogP) is 3.46. The number of ether oxygens (including phenoxy) is 1. The van der Waals surface area contributed by atoms with Gasteiger partial charge in [-0.25, -0.2) is 0 Å². The lowest BCUT2D eigenvalue weighted by atomic mass is 9.97. The largest absolute Gasteiger partial charge is 0.492 e. The summed E-state index contributed by atoms with van der Waals surface area (Å²) < 4.78 is 5.94. The molecule has 104 valence electrons. The Hall–Kier alpha value is -0.930. The highest BCUT2D eigenvalue weighted by Crippen LogP contribution is 2.29. The van der Waals surface area contributed by atoms with Gasteiger partial charge in [-0.3, -0.25) is 4.90 Å². The number of fused-ring (bicyclic) bond motifs is 1. The van der Waals surface area contributed by atoms with Crippen LogP contribution >= 0.6 is 12.2 Å². The number of benzene rings is 1. The van der Waals surface area contributed by atoms with Gasteiger partial charge in [0.25, 0.3) is 0 Å². The fraction of sp³-hybridized carbons (Fsp3) is 0.562. The van der Waals surface area contributed by atoms with Crippen molar-refractivity contribution in [2.45, 2.75) is 39.2 Å². The monoisotopic (exact) mass is 277 g/mol. The van der Waals surface area contributed by atoms with E-state index in [0.717, 1.165) is 37.4 Å². The summed E-state index contributed by atoms with van der Waals surface area (Å²) in [6, 6.07) is 6.65. The zero-order valence-corrected chi connectivity index (χ0v) is 12.7. The van der Waals surface area contributed by atoms with Gasteiger partial charge < -0.3 is 4.74 Å². The second kappa shape index (κ2) is 7.01. The van der Waals surface area contributed by atoms with E-state index in [9.17, 15) is 0 Å². The minimum Gasteiger partial charge on any atom is -0.492 e. The van der Waals surface area contributed by atoms with Crippen LogP contribution in [-0.4, -0.2) is 36.0 Å². The Labute approximate surface area is 121 Å². The van der Waals surface area contributed by atoms with E-state index in [1.807, 2.05) is 6.07 Å². The highest BCUT2D eigenvalue weighted by molar-refractivity contribution is 7.79. The van der Waals surface area contributed by atoms with Crippen molar-refractivity contribution in [1.82, 2.24) is 4.90 Å². The quantitative estimate of drug-likeness (QED) is 0.739. The number of thiocarbonyl (C=S) groups is 1. The van der Waals surface area contributed by atoms with Gasteiger partial charge in [-0.2, -0.15) is 0 Å². The van der Waals surface area contributed by atoms with Crippen molar-refractivity contribution >= 4 is 17.6 Å². The highest BCUT2D eigenvalue weighted by atomic mass is 32.1. The minimum atomic E-state index is 0.489. The molecular weight excluding hydrogens is 254 g/mol. The average molecular weight is 277 g/mol. The van der Waals surface area contributed by atoms with Crippen LogP contribution in [0.15, 0.2) is 18.2 Å². The Bertz CT molecular complexity index is 427. The van der Waals surface area contributed by atoms with Gasteiger partial charge in [0.2, 0.25) is 0 Å². The maximum Gasteiger partial charge on any atom is 0.123 e.